The number of halogens is 2. The van der Waals surface area contributed by atoms with E-state index in [0.717, 1.165) is 26.9 Å². The van der Waals surface area contributed by atoms with Crippen molar-refractivity contribution >= 4 is 44.4 Å². The van der Waals surface area contributed by atoms with Crippen molar-refractivity contribution in [2.24, 2.45) is 0 Å². The van der Waals surface area contributed by atoms with Gasteiger partial charge in [-0.15, -0.1) is 0 Å². The summed E-state index contributed by atoms with van der Waals surface area (Å²) in [4.78, 5) is 12.6. The molecule has 0 fully saturated rings. The van der Waals surface area contributed by atoms with E-state index in [1.54, 1.807) is 20.4 Å². The molecule has 0 aliphatic carbocycles. The standard InChI is InChI=1S/C16H14BrClN4O2/c1-23-11-4-3-9(13(6-11)24-2)7-19-14-12-5-10(17)8-20-15(12)22-16(18)21-14/h3-6,8H,7H2,1-2H3,(H,19,20,21,22). The molecule has 24 heavy (non-hydrogen) atoms. The zero-order valence-electron chi connectivity index (χ0n) is 13.0. The lowest BCUT2D eigenvalue weighted by molar-refractivity contribution is 0.391. The number of anilines is 1. The molecular weight excluding hydrogens is 396 g/mol. The topological polar surface area (TPSA) is 69.2 Å². The summed E-state index contributed by atoms with van der Waals surface area (Å²) in [6, 6.07) is 7.54. The Hall–Kier alpha value is -2.12. The molecular formula is C16H14BrClN4O2. The van der Waals surface area contributed by atoms with Crippen molar-refractivity contribution in [2.45, 2.75) is 6.54 Å². The highest BCUT2D eigenvalue weighted by Crippen LogP contribution is 2.27. The Bertz CT molecular complexity index is 891. The van der Waals surface area contributed by atoms with Crippen LogP contribution in [0.4, 0.5) is 5.82 Å². The van der Waals surface area contributed by atoms with E-state index >= 15 is 0 Å². The van der Waals surface area contributed by atoms with Gasteiger partial charge in [0.05, 0.1) is 19.6 Å². The summed E-state index contributed by atoms with van der Waals surface area (Å²) in [5.74, 6) is 2.07. The third-order valence-electron chi connectivity index (χ3n) is 3.43. The molecule has 2 heterocycles. The fourth-order valence-electron chi connectivity index (χ4n) is 2.27. The van der Waals surface area contributed by atoms with Gasteiger partial charge in [-0.25, -0.2) is 9.97 Å². The highest BCUT2D eigenvalue weighted by Gasteiger charge is 2.10. The molecule has 1 aromatic carbocycles. The van der Waals surface area contributed by atoms with Gasteiger partial charge in [-0.05, 0) is 45.7 Å². The molecule has 1 N–H and O–H groups in total. The Kier molecular flexibility index (Phi) is 5.01. The second-order valence-corrected chi connectivity index (χ2v) is 6.15. The SMILES string of the molecule is COc1ccc(CNc2nc(Cl)nc3ncc(Br)cc23)c(OC)c1. The predicted octanol–water partition coefficient (Wildman–Crippen LogP) is 4.07. The van der Waals surface area contributed by atoms with Crippen LogP contribution in [0.25, 0.3) is 11.0 Å². The minimum Gasteiger partial charge on any atom is -0.497 e. The number of ether oxygens (including phenoxy) is 2. The quantitative estimate of drug-likeness (QED) is 0.641. The third-order valence-corrected chi connectivity index (χ3v) is 4.03. The van der Waals surface area contributed by atoms with Gasteiger partial charge in [0.1, 0.15) is 17.3 Å². The number of aromatic nitrogens is 3. The summed E-state index contributed by atoms with van der Waals surface area (Å²) in [7, 11) is 3.24. The molecule has 0 radical (unpaired) electrons. The van der Waals surface area contributed by atoms with E-state index in [4.69, 9.17) is 21.1 Å². The Balaban J connectivity index is 1.92. The van der Waals surface area contributed by atoms with E-state index < -0.39 is 0 Å². The third kappa shape index (κ3) is 3.52. The molecule has 3 rings (SSSR count). The number of methoxy groups -OCH3 is 2. The molecule has 6 nitrogen and oxygen atoms in total. The van der Waals surface area contributed by atoms with Gasteiger partial charge in [-0.1, -0.05) is 0 Å². The maximum Gasteiger partial charge on any atom is 0.226 e. The second kappa shape index (κ2) is 7.19. The van der Waals surface area contributed by atoms with Crippen molar-refractivity contribution in [1.29, 1.82) is 0 Å². The molecule has 0 aliphatic heterocycles. The predicted molar refractivity (Wildman–Crippen MR) is 96.9 cm³/mol. The van der Waals surface area contributed by atoms with Crippen molar-refractivity contribution in [3.63, 3.8) is 0 Å². The first-order valence-corrected chi connectivity index (χ1v) is 8.21. The zero-order valence-corrected chi connectivity index (χ0v) is 15.3. The van der Waals surface area contributed by atoms with E-state index in [2.05, 4.69) is 36.2 Å². The first-order chi connectivity index (χ1) is 11.6. The van der Waals surface area contributed by atoms with Crippen LogP contribution >= 0.6 is 27.5 Å². The van der Waals surface area contributed by atoms with Gasteiger partial charge < -0.3 is 14.8 Å². The largest absolute Gasteiger partial charge is 0.497 e. The van der Waals surface area contributed by atoms with E-state index in [1.807, 2.05) is 24.3 Å². The van der Waals surface area contributed by atoms with E-state index in [9.17, 15) is 0 Å². The van der Waals surface area contributed by atoms with E-state index in [-0.39, 0.29) is 5.28 Å². The Labute approximate surface area is 152 Å². The van der Waals surface area contributed by atoms with Crippen LogP contribution in [0, 0.1) is 0 Å². The molecule has 0 atom stereocenters. The Morgan fingerprint density at radius 1 is 1.17 bits per heavy atom. The average Bonchev–Trinajstić information content (AvgIpc) is 2.59. The fourth-order valence-corrected chi connectivity index (χ4v) is 2.77. The molecule has 0 saturated carbocycles. The molecule has 2 aromatic heterocycles. The van der Waals surface area contributed by atoms with Crippen LogP contribution in [0.15, 0.2) is 34.9 Å². The molecule has 0 bridgehead atoms. The summed E-state index contributed by atoms with van der Waals surface area (Å²) in [5, 5.41) is 4.19. The number of fused-ring (bicyclic) bond motifs is 1. The molecule has 0 amide bonds. The van der Waals surface area contributed by atoms with Gasteiger partial charge in [0.2, 0.25) is 5.28 Å². The number of nitrogens with one attached hydrogen (secondary N) is 1. The number of pyridine rings is 1. The number of rotatable bonds is 5. The van der Waals surface area contributed by atoms with Gasteiger partial charge in [0.25, 0.3) is 0 Å². The fraction of sp³-hybridized carbons (Fsp3) is 0.188. The van der Waals surface area contributed by atoms with Gasteiger partial charge in [0, 0.05) is 28.8 Å². The minimum absolute atomic E-state index is 0.140. The van der Waals surface area contributed by atoms with Crippen LogP contribution in [0.2, 0.25) is 5.28 Å². The molecule has 124 valence electrons. The maximum absolute atomic E-state index is 5.99. The van der Waals surface area contributed by atoms with Crippen LogP contribution in [-0.2, 0) is 6.54 Å². The van der Waals surface area contributed by atoms with Crippen LogP contribution in [0.3, 0.4) is 0 Å². The summed E-state index contributed by atoms with van der Waals surface area (Å²) < 4.78 is 11.5. The van der Waals surface area contributed by atoms with E-state index in [1.165, 1.54) is 0 Å². The minimum atomic E-state index is 0.140. The first kappa shape index (κ1) is 16.7. The maximum atomic E-state index is 5.99. The summed E-state index contributed by atoms with van der Waals surface area (Å²) in [6.07, 6.45) is 1.67. The summed E-state index contributed by atoms with van der Waals surface area (Å²) in [6.45, 7) is 0.502. The van der Waals surface area contributed by atoms with Gasteiger partial charge in [0.15, 0.2) is 5.65 Å². The molecule has 0 saturated heterocycles. The van der Waals surface area contributed by atoms with Crippen molar-refractivity contribution in [1.82, 2.24) is 15.0 Å². The normalized spacial score (nSPS) is 10.7. The lowest BCUT2D eigenvalue weighted by atomic mass is 10.2. The monoisotopic (exact) mass is 408 g/mol. The number of nitrogens with zero attached hydrogens (tertiary/aromatic N) is 3. The average molecular weight is 410 g/mol. The van der Waals surface area contributed by atoms with Crippen LogP contribution in [-0.4, -0.2) is 29.2 Å². The second-order valence-electron chi connectivity index (χ2n) is 4.90. The van der Waals surface area contributed by atoms with Crippen molar-refractivity contribution < 1.29 is 9.47 Å². The van der Waals surface area contributed by atoms with Crippen molar-refractivity contribution in [3.8, 4) is 11.5 Å². The van der Waals surface area contributed by atoms with Crippen LogP contribution < -0.4 is 14.8 Å². The molecule has 3 aromatic rings. The lowest BCUT2D eigenvalue weighted by Gasteiger charge is -2.13. The van der Waals surface area contributed by atoms with Gasteiger partial charge in [-0.3, -0.25) is 0 Å². The van der Waals surface area contributed by atoms with Gasteiger partial charge >= 0.3 is 0 Å². The summed E-state index contributed by atoms with van der Waals surface area (Å²) >= 11 is 9.40. The highest BCUT2D eigenvalue weighted by atomic mass is 79.9. The molecule has 0 unspecified atom stereocenters. The smallest absolute Gasteiger partial charge is 0.226 e. The van der Waals surface area contributed by atoms with Gasteiger partial charge in [-0.2, -0.15) is 4.98 Å². The zero-order chi connectivity index (χ0) is 17.1. The highest BCUT2D eigenvalue weighted by molar-refractivity contribution is 9.10. The van der Waals surface area contributed by atoms with Crippen LogP contribution in [0.5, 0.6) is 11.5 Å². The number of hydrogen-bond donors (Lipinski definition) is 1. The van der Waals surface area contributed by atoms with Crippen molar-refractivity contribution in [3.05, 3.63) is 45.8 Å². The lowest BCUT2D eigenvalue weighted by Crippen LogP contribution is -2.05. The van der Waals surface area contributed by atoms with Crippen LogP contribution in [0.1, 0.15) is 5.56 Å². The summed E-state index contributed by atoms with van der Waals surface area (Å²) in [5.41, 5.74) is 1.49. The number of benzene rings is 1. The first-order valence-electron chi connectivity index (χ1n) is 7.04. The van der Waals surface area contributed by atoms with E-state index in [0.29, 0.717) is 18.0 Å². The molecule has 0 aliphatic rings. The Morgan fingerprint density at radius 2 is 2.00 bits per heavy atom. The molecule has 0 spiro atoms. The number of hydrogen-bond acceptors (Lipinski definition) is 6. The molecule has 8 heteroatoms. The van der Waals surface area contributed by atoms with Crippen molar-refractivity contribution in [2.75, 3.05) is 19.5 Å². The Morgan fingerprint density at radius 3 is 2.75 bits per heavy atom.